The molecular weight excluding hydrogens is 266 g/mol. The molecule has 1 rings (SSSR count). The number of morpholine rings is 1. The van der Waals surface area contributed by atoms with Crippen molar-refractivity contribution in [2.24, 2.45) is 5.92 Å². The van der Waals surface area contributed by atoms with Crippen LogP contribution < -0.4 is 10.6 Å². The molecule has 8 nitrogen and oxygen atoms in total. The molecule has 3 amide bonds. The van der Waals surface area contributed by atoms with Crippen molar-refractivity contribution in [1.29, 1.82) is 0 Å². The van der Waals surface area contributed by atoms with Crippen LogP contribution in [0.15, 0.2) is 0 Å². The lowest BCUT2D eigenvalue weighted by Gasteiger charge is -2.34. The smallest absolute Gasteiger partial charge is 0.318 e. The number of hydrogen-bond acceptors (Lipinski definition) is 4. The lowest BCUT2D eigenvalue weighted by Crippen LogP contribution is -2.58. The van der Waals surface area contributed by atoms with E-state index in [0.29, 0.717) is 19.6 Å². The van der Waals surface area contributed by atoms with Crippen molar-refractivity contribution in [2.75, 3.05) is 33.4 Å². The van der Waals surface area contributed by atoms with Gasteiger partial charge in [0, 0.05) is 20.1 Å². The number of urea groups is 1. The molecule has 114 valence electrons. The fraction of sp³-hybridized carbons (Fsp3) is 0.750. The van der Waals surface area contributed by atoms with Gasteiger partial charge in [-0.1, -0.05) is 6.92 Å². The number of hydrogen-bond donors (Lipinski definition) is 3. The molecule has 3 N–H and O–H groups in total. The lowest BCUT2D eigenvalue weighted by molar-refractivity contribution is -0.141. The maximum absolute atomic E-state index is 12.1. The van der Waals surface area contributed by atoms with Crippen molar-refractivity contribution in [1.82, 2.24) is 15.5 Å². The van der Waals surface area contributed by atoms with E-state index in [0.717, 1.165) is 0 Å². The van der Waals surface area contributed by atoms with Crippen LogP contribution >= 0.6 is 0 Å². The van der Waals surface area contributed by atoms with Crippen LogP contribution in [0, 0.1) is 5.92 Å². The first-order valence-electron chi connectivity index (χ1n) is 6.57. The molecule has 0 aromatic heterocycles. The first-order valence-corrected chi connectivity index (χ1v) is 6.57. The second-order valence-corrected chi connectivity index (χ2v) is 4.53. The number of carboxylic acid groups (broad SMARTS) is 1. The average molecular weight is 287 g/mol. The van der Waals surface area contributed by atoms with Crippen LogP contribution in [0.5, 0.6) is 0 Å². The Morgan fingerprint density at radius 1 is 1.45 bits per heavy atom. The standard InChI is InChI=1S/C12H21N3O5/c1-3-8(11(17)18)6-14-12(19)15-4-5-20-7-9(15)10(16)13-2/h8-9H,3-7H2,1-2H3,(H,13,16)(H,14,19)(H,17,18). The number of amides is 3. The van der Waals surface area contributed by atoms with E-state index in [2.05, 4.69) is 10.6 Å². The summed E-state index contributed by atoms with van der Waals surface area (Å²) >= 11 is 0. The molecule has 0 bridgehead atoms. The van der Waals surface area contributed by atoms with Crippen molar-refractivity contribution in [3.63, 3.8) is 0 Å². The number of ether oxygens (including phenoxy) is 1. The minimum absolute atomic E-state index is 0.0441. The minimum Gasteiger partial charge on any atom is -0.481 e. The van der Waals surface area contributed by atoms with Crippen molar-refractivity contribution in [2.45, 2.75) is 19.4 Å². The summed E-state index contributed by atoms with van der Waals surface area (Å²) in [6.45, 7) is 2.59. The quantitative estimate of drug-likeness (QED) is 0.617. The third-order valence-electron chi connectivity index (χ3n) is 3.28. The summed E-state index contributed by atoms with van der Waals surface area (Å²) in [5.41, 5.74) is 0. The van der Waals surface area contributed by atoms with E-state index in [9.17, 15) is 14.4 Å². The van der Waals surface area contributed by atoms with Gasteiger partial charge >= 0.3 is 12.0 Å². The molecule has 1 aliphatic rings. The van der Waals surface area contributed by atoms with E-state index >= 15 is 0 Å². The second kappa shape index (κ2) is 7.68. The number of likely N-dealkylation sites (N-methyl/N-ethyl adjacent to an activating group) is 1. The number of rotatable bonds is 5. The third kappa shape index (κ3) is 4.09. The Labute approximate surface area is 117 Å². The van der Waals surface area contributed by atoms with Crippen LogP contribution in [-0.2, 0) is 14.3 Å². The van der Waals surface area contributed by atoms with Gasteiger partial charge in [0.25, 0.3) is 0 Å². The third-order valence-corrected chi connectivity index (χ3v) is 3.28. The maximum atomic E-state index is 12.1. The predicted molar refractivity (Wildman–Crippen MR) is 70.2 cm³/mol. The molecule has 1 fully saturated rings. The Hall–Kier alpha value is -1.83. The van der Waals surface area contributed by atoms with Gasteiger partial charge in [0.15, 0.2) is 0 Å². The number of carboxylic acids is 1. The molecule has 8 heteroatoms. The van der Waals surface area contributed by atoms with Crippen LogP contribution in [-0.4, -0.2) is 67.3 Å². The van der Waals surface area contributed by atoms with Crippen LogP contribution in [0.25, 0.3) is 0 Å². The van der Waals surface area contributed by atoms with E-state index in [1.54, 1.807) is 6.92 Å². The summed E-state index contributed by atoms with van der Waals surface area (Å²) in [7, 11) is 1.49. The van der Waals surface area contributed by atoms with E-state index in [4.69, 9.17) is 9.84 Å². The normalized spacial score (nSPS) is 20.1. The largest absolute Gasteiger partial charge is 0.481 e. The topological polar surface area (TPSA) is 108 Å². The highest BCUT2D eigenvalue weighted by atomic mass is 16.5. The Morgan fingerprint density at radius 2 is 2.15 bits per heavy atom. The summed E-state index contributed by atoms with van der Waals surface area (Å²) in [6.07, 6.45) is 0.428. The number of aliphatic carboxylic acids is 1. The lowest BCUT2D eigenvalue weighted by atomic mass is 10.1. The zero-order valence-corrected chi connectivity index (χ0v) is 11.7. The Morgan fingerprint density at radius 3 is 2.70 bits per heavy atom. The van der Waals surface area contributed by atoms with Crippen molar-refractivity contribution in [3.05, 3.63) is 0 Å². The van der Waals surface area contributed by atoms with Gasteiger partial charge in [-0.05, 0) is 6.42 Å². The zero-order valence-electron chi connectivity index (χ0n) is 11.7. The Balaban J connectivity index is 2.59. The molecule has 0 radical (unpaired) electrons. The molecule has 1 heterocycles. The van der Waals surface area contributed by atoms with Gasteiger partial charge in [0.1, 0.15) is 6.04 Å². The van der Waals surface area contributed by atoms with Gasteiger partial charge in [0.2, 0.25) is 5.91 Å². The summed E-state index contributed by atoms with van der Waals surface area (Å²) < 4.78 is 5.19. The number of nitrogens with one attached hydrogen (secondary N) is 2. The van der Waals surface area contributed by atoms with E-state index in [-0.39, 0.29) is 19.1 Å². The van der Waals surface area contributed by atoms with Crippen LogP contribution in [0.3, 0.4) is 0 Å². The van der Waals surface area contributed by atoms with Gasteiger partial charge in [-0.2, -0.15) is 0 Å². The highest BCUT2D eigenvalue weighted by Crippen LogP contribution is 2.08. The van der Waals surface area contributed by atoms with Gasteiger partial charge in [-0.25, -0.2) is 4.79 Å². The molecule has 0 spiro atoms. The van der Waals surface area contributed by atoms with E-state index in [1.165, 1.54) is 11.9 Å². The maximum Gasteiger partial charge on any atom is 0.318 e. The highest BCUT2D eigenvalue weighted by molar-refractivity contribution is 5.87. The van der Waals surface area contributed by atoms with Gasteiger partial charge in [-0.15, -0.1) is 0 Å². The number of carbonyl (C=O) groups excluding carboxylic acids is 2. The molecule has 0 aliphatic carbocycles. The molecule has 0 aromatic rings. The predicted octanol–water partition coefficient (Wildman–Crippen LogP) is -0.746. The van der Waals surface area contributed by atoms with Crippen molar-refractivity contribution in [3.8, 4) is 0 Å². The summed E-state index contributed by atoms with van der Waals surface area (Å²) in [6, 6.07) is -1.12. The molecule has 1 saturated heterocycles. The van der Waals surface area contributed by atoms with Gasteiger partial charge in [-0.3, -0.25) is 9.59 Å². The fourth-order valence-corrected chi connectivity index (χ4v) is 1.95. The number of carbonyl (C=O) groups is 3. The zero-order chi connectivity index (χ0) is 15.1. The molecule has 0 saturated carbocycles. The van der Waals surface area contributed by atoms with Crippen molar-refractivity contribution < 1.29 is 24.2 Å². The Bertz CT molecular complexity index is 374. The Kier molecular flexibility index (Phi) is 6.23. The fourth-order valence-electron chi connectivity index (χ4n) is 1.95. The van der Waals surface area contributed by atoms with Crippen LogP contribution in [0.2, 0.25) is 0 Å². The van der Waals surface area contributed by atoms with Crippen LogP contribution in [0.4, 0.5) is 4.79 Å². The van der Waals surface area contributed by atoms with E-state index in [1.807, 2.05) is 0 Å². The minimum atomic E-state index is -0.947. The first-order chi connectivity index (χ1) is 9.51. The first kappa shape index (κ1) is 16.2. The summed E-state index contributed by atoms with van der Waals surface area (Å²) in [5, 5.41) is 14.0. The summed E-state index contributed by atoms with van der Waals surface area (Å²) in [5.74, 6) is -1.87. The van der Waals surface area contributed by atoms with Gasteiger partial charge < -0.3 is 25.4 Å². The average Bonchev–Trinajstić information content (AvgIpc) is 2.46. The monoisotopic (exact) mass is 287 g/mol. The molecule has 2 atom stereocenters. The second-order valence-electron chi connectivity index (χ2n) is 4.53. The SMILES string of the molecule is CCC(CNC(=O)N1CCOCC1C(=O)NC)C(=O)O. The molecule has 0 aromatic carbocycles. The molecule has 2 unspecified atom stereocenters. The van der Waals surface area contributed by atoms with Crippen LogP contribution in [0.1, 0.15) is 13.3 Å². The highest BCUT2D eigenvalue weighted by Gasteiger charge is 2.32. The summed E-state index contributed by atoms with van der Waals surface area (Å²) in [4.78, 5) is 36.0. The number of nitrogens with zero attached hydrogens (tertiary/aromatic N) is 1. The molecule has 20 heavy (non-hydrogen) atoms. The van der Waals surface area contributed by atoms with E-state index < -0.39 is 24.0 Å². The van der Waals surface area contributed by atoms with Gasteiger partial charge in [0.05, 0.1) is 19.1 Å². The molecular formula is C12H21N3O5. The van der Waals surface area contributed by atoms with Crippen molar-refractivity contribution >= 4 is 17.9 Å². The molecule has 1 aliphatic heterocycles.